The normalized spacial score (nSPS) is 10.2. The number of benzene rings is 1. The first-order chi connectivity index (χ1) is 9.61. The van der Waals surface area contributed by atoms with Gasteiger partial charge in [0.1, 0.15) is 0 Å². The lowest BCUT2D eigenvalue weighted by Crippen LogP contribution is -2.14. The molecule has 1 amide bonds. The second-order valence-electron chi connectivity index (χ2n) is 4.31. The molecule has 2 N–H and O–H groups in total. The summed E-state index contributed by atoms with van der Waals surface area (Å²) in [4.78, 5) is 23.7. The van der Waals surface area contributed by atoms with E-state index in [0.29, 0.717) is 16.1 Å². The van der Waals surface area contributed by atoms with Crippen molar-refractivity contribution in [3.63, 3.8) is 0 Å². The molecule has 104 valence electrons. The minimum Gasteiger partial charge on any atom is -0.481 e. The van der Waals surface area contributed by atoms with Crippen LogP contribution < -0.4 is 5.32 Å². The first kappa shape index (κ1) is 14.3. The molecule has 1 aromatic heterocycles. The van der Waals surface area contributed by atoms with Crippen LogP contribution in [0.1, 0.15) is 27.7 Å². The van der Waals surface area contributed by atoms with E-state index in [4.69, 9.17) is 5.11 Å². The van der Waals surface area contributed by atoms with Crippen molar-refractivity contribution in [2.24, 2.45) is 0 Å². The summed E-state index contributed by atoms with van der Waals surface area (Å²) in [5.74, 6) is -1.10. The number of thiophene rings is 1. The van der Waals surface area contributed by atoms with Gasteiger partial charge < -0.3 is 10.4 Å². The Bertz CT molecular complexity index is 634. The zero-order valence-electron chi connectivity index (χ0n) is 11.1. The second-order valence-corrected chi connectivity index (χ2v) is 5.23. The molecule has 1 heterocycles. The first-order valence-electron chi connectivity index (χ1n) is 6.29. The standard InChI is InChI=1S/C15H15NO3S/c1-2-10-7-8-20-14(10)15(19)16-12-6-4-3-5-11(12)9-13(17)18/h3-8H,2,9H2,1H3,(H,16,19)(H,17,18). The van der Waals surface area contributed by atoms with Gasteiger partial charge in [-0.25, -0.2) is 0 Å². The number of hydrogen-bond donors (Lipinski definition) is 2. The van der Waals surface area contributed by atoms with Crippen molar-refractivity contribution in [3.05, 3.63) is 51.7 Å². The molecule has 0 saturated carbocycles. The molecule has 0 aliphatic rings. The molecule has 5 heteroatoms. The molecular weight excluding hydrogens is 274 g/mol. The van der Waals surface area contributed by atoms with Crippen LogP contribution in [0.25, 0.3) is 0 Å². The number of hydrogen-bond acceptors (Lipinski definition) is 3. The van der Waals surface area contributed by atoms with Crippen molar-refractivity contribution >= 4 is 28.9 Å². The van der Waals surface area contributed by atoms with Crippen molar-refractivity contribution in [2.45, 2.75) is 19.8 Å². The maximum absolute atomic E-state index is 12.2. The smallest absolute Gasteiger partial charge is 0.307 e. The zero-order valence-corrected chi connectivity index (χ0v) is 11.9. The van der Waals surface area contributed by atoms with Crippen LogP contribution in [0, 0.1) is 0 Å². The maximum atomic E-state index is 12.2. The molecule has 0 spiro atoms. The number of aliphatic carboxylic acids is 1. The maximum Gasteiger partial charge on any atom is 0.307 e. The van der Waals surface area contributed by atoms with Gasteiger partial charge in [0.15, 0.2) is 0 Å². The molecule has 0 aliphatic carbocycles. The SMILES string of the molecule is CCc1ccsc1C(=O)Nc1ccccc1CC(=O)O. The van der Waals surface area contributed by atoms with Crippen LogP contribution in [-0.2, 0) is 17.6 Å². The molecule has 0 saturated heterocycles. The molecule has 0 unspecified atom stereocenters. The fourth-order valence-electron chi connectivity index (χ4n) is 1.95. The molecule has 0 atom stereocenters. The molecule has 0 fully saturated rings. The Kier molecular flexibility index (Phi) is 4.53. The number of rotatable bonds is 5. The summed E-state index contributed by atoms with van der Waals surface area (Å²) in [6.07, 6.45) is 0.685. The summed E-state index contributed by atoms with van der Waals surface area (Å²) in [5, 5.41) is 13.6. The van der Waals surface area contributed by atoms with Gasteiger partial charge in [-0.15, -0.1) is 11.3 Å². The van der Waals surface area contributed by atoms with Gasteiger partial charge >= 0.3 is 5.97 Å². The molecule has 0 radical (unpaired) electrons. The van der Waals surface area contributed by atoms with E-state index in [-0.39, 0.29) is 12.3 Å². The number of carboxylic acid groups (broad SMARTS) is 1. The van der Waals surface area contributed by atoms with Gasteiger partial charge in [-0.1, -0.05) is 25.1 Å². The van der Waals surface area contributed by atoms with Gasteiger partial charge in [-0.3, -0.25) is 9.59 Å². The van der Waals surface area contributed by atoms with E-state index >= 15 is 0 Å². The summed E-state index contributed by atoms with van der Waals surface area (Å²) in [7, 11) is 0. The van der Waals surface area contributed by atoms with E-state index in [2.05, 4.69) is 5.32 Å². The molecular formula is C15H15NO3S. The fraction of sp³-hybridized carbons (Fsp3) is 0.200. The van der Waals surface area contributed by atoms with Crippen LogP contribution in [0.3, 0.4) is 0 Å². The Morgan fingerprint density at radius 3 is 2.65 bits per heavy atom. The highest BCUT2D eigenvalue weighted by Crippen LogP contribution is 2.21. The van der Waals surface area contributed by atoms with Gasteiger partial charge in [-0.05, 0) is 35.1 Å². The predicted molar refractivity (Wildman–Crippen MR) is 79.4 cm³/mol. The molecule has 2 rings (SSSR count). The Morgan fingerprint density at radius 2 is 1.95 bits per heavy atom. The summed E-state index contributed by atoms with van der Waals surface area (Å²) in [6, 6.07) is 8.89. The first-order valence-corrected chi connectivity index (χ1v) is 7.17. The average molecular weight is 289 g/mol. The summed E-state index contributed by atoms with van der Waals surface area (Å²) in [5.41, 5.74) is 2.15. The van der Waals surface area contributed by atoms with Crippen LogP contribution in [0.5, 0.6) is 0 Å². The second kappa shape index (κ2) is 6.34. The number of para-hydroxylation sites is 1. The largest absolute Gasteiger partial charge is 0.481 e. The lowest BCUT2D eigenvalue weighted by Gasteiger charge is -2.09. The number of carbonyl (C=O) groups excluding carboxylic acids is 1. The van der Waals surface area contributed by atoms with E-state index in [9.17, 15) is 9.59 Å². The summed E-state index contributed by atoms with van der Waals surface area (Å²) in [6.45, 7) is 2.00. The van der Waals surface area contributed by atoms with Crippen LogP contribution >= 0.6 is 11.3 Å². The topological polar surface area (TPSA) is 66.4 Å². The molecule has 4 nitrogen and oxygen atoms in total. The minimum atomic E-state index is -0.919. The van der Waals surface area contributed by atoms with Crippen LogP contribution in [0.4, 0.5) is 5.69 Å². The highest BCUT2D eigenvalue weighted by atomic mass is 32.1. The Balaban J connectivity index is 2.22. The molecule has 20 heavy (non-hydrogen) atoms. The van der Waals surface area contributed by atoms with Crippen LogP contribution in [-0.4, -0.2) is 17.0 Å². The quantitative estimate of drug-likeness (QED) is 0.888. The lowest BCUT2D eigenvalue weighted by atomic mass is 10.1. The zero-order chi connectivity index (χ0) is 14.5. The third-order valence-electron chi connectivity index (χ3n) is 2.94. The average Bonchev–Trinajstić information content (AvgIpc) is 2.88. The van der Waals surface area contributed by atoms with Crippen LogP contribution in [0.2, 0.25) is 0 Å². The van der Waals surface area contributed by atoms with E-state index in [0.717, 1.165) is 12.0 Å². The number of anilines is 1. The summed E-state index contributed by atoms with van der Waals surface area (Å²) < 4.78 is 0. The van der Waals surface area contributed by atoms with E-state index < -0.39 is 5.97 Å². The molecule has 0 aliphatic heterocycles. The molecule has 1 aromatic carbocycles. The van der Waals surface area contributed by atoms with Crippen molar-refractivity contribution < 1.29 is 14.7 Å². The predicted octanol–water partition coefficient (Wildman–Crippen LogP) is 3.19. The van der Waals surface area contributed by atoms with Crippen molar-refractivity contribution in [1.82, 2.24) is 0 Å². The van der Waals surface area contributed by atoms with Crippen molar-refractivity contribution in [2.75, 3.05) is 5.32 Å². The van der Waals surface area contributed by atoms with Gasteiger partial charge in [0.05, 0.1) is 11.3 Å². The third-order valence-corrected chi connectivity index (χ3v) is 3.90. The van der Waals surface area contributed by atoms with Gasteiger partial charge in [-0.2, -0.15) is 0 Å². The Labute approximate surface area is 121 Å². The van der Waals surface area contributed by atoms with E-state index in [1.807, 2.05) is 18.4 Å². The highest BCUT2D eigenvalue weighted by Gasteiger charge is 2.14. The Hall–Kier alpha value is -2.14. The number of aryl methyl sites for hydroxylation is 1. The van der Waals surface area contributed by atoms with Crippen molar-refractivity contribution in [1.29, 1.82) is 0 Å². The van der Waals surface area contributed by atoms with E-state index in [1.165, 1.54) is 11.3 Å². The van der Waals surface area contributed by atoms with Crippen LogP contribution in [0.15, 0.2) is 35.7 Å². The lowest BCUT2D eigenvalue weighted by molar-refractivity contribution is -0.136. The molecule has 0 bridgehead atoms. The third kappa shape index (κ3) is 3.24. The number of amides is 1. The Morgan fingerprint density at radius 1 is 1.20 bits per heavy atom. The number of carboxylic acids is 1. The van der Waals surface area contributed by atoms with Gasteiger partial charge in [0.25, 0.3) is 5.91 Å². The number of nitrogens with one attached hydrogen (secondary N) is 1. The monoisotopic (exact) mass is 289 g/mol. The number of carbonyl (C=O) groups is 2. The summed E-state index contributed by atoms with van der Waals surface area (Å²) >= 11 is 1.39. The fourth-order valence-corrected chi connectivity index (χ4v) is 2.84. The van der Waals surface area contributed by atoms with E-state index in [1.54, 1.807) is 24.3 Å². The minimum absolute atomic E-state index is 0.110. The highest BCUT2D eigenvalue weighted by molar-refractivity contribution is 7.12. The molecule has 2 aromatic rings. The van der Waals surface area contributed by atoms with Crippen molar-refractivity contribution in [3.8, 4) is 0 Å². The van der Waals surface area contributed by atoms with Gasteiger partial charge in [0.2, 0.25) is 0 Å². The van der Waals surface area contributed by atoms with Gasteiger partial charge in [0, 0.05) is 5.69 Å².